The van der Waals surface area contributed by atoms with Crippen LogP contribution in [-0.2, 0) is 11.2 Å². The van der Waals surface area contributed by atoms with E-state index in [0.29, 0.717) is 5.92 Å². The first-order chi connectivity index (χ1) is 8.19. The summed E-state index contributed by atoms with van der Waals surface area (Å²) in [6, 6.07) is 0. The van der Waals surface area contributed by atoms with Gasteiger partial charge in [0.2, 0.25) is 0 Å². The summed E-state index contributed by atoms with van der Waals surface area (Å²) in [7, 11) is 0. The molecule has 2 rings (SSSR count). The second kappa shape index (κ2) is 5.60. The lowest BCUT2D eigenvalue weighted by Crippen LogP contribution is -2.37. The lowest BCUT2D eigenvalue weighted by Gasteiger charge is -2.30. The van der Waals surface area contributed by atoms with Gasteiger partial charge in [-0.2, -0.15) is 0 Å². The van der Waals surface area contributed by atoms with Crippen molar-refractivity contribution in [2.75, 3.05) is 19.6 Å². The first-order valence-electron chi connectivity index (χ1n) is 6.07. The highest BCUT2D eigenvalue weighted by Gasteiger charge is 2.24. The Kier molecular flexibility index (Phi) is 4.12. The SMILES string of the molecule is CCc1csc(C2CCCN(CC(=O)O)C2)n1. The number of piperidine rings is 1. The molecule has 0 bridgehead atoms. The van der Waals surface area contributed by atoms with E-state index in [1.54, 1.807) is 11.3 Å². The van der Waals surface area contributed by atoms with E-state index in [0.717, 1.165) is 38.0 Å². The molecule has 1 aromatic heterocycles. The van der Waals surface area contributed by atoms with Gasteiger partial charge in [0.1, 0.15) is 0 Å². The van der Waals surface area contributed by atoms with Crippen molar-refractivity contribution in [2.45, 2.75) is 32.1 Å². The third-order valence-corrected chi connectivity index (χ3v) is 4.20. The summed E-state index contributed by atoms with van der Waals surface area (Å²) in [6.07, 6.45) is 3.17. The van der Waals surface area contributed by atoms with Crippen molar-refractivity contribution >= 4 is 17.3 Å². The quantitative estimate of drug-likeness (QED) is 0.892. The number of aromatic nitrogens is 1. The van der Waals surface area contributed by atoms with Crippen LogP contribution in [0, 0.1) is 0 Å². The molecule has 1 saturated heterocycles. The van der Waals surface area contributed by atoms with Crippen molar-refractivity contribution in [3.8, 4) is 0 Å². The van der Waals surface area contributed by atoms with Crippen LogP contribution in [0.2, 0.25) is 0 Å². The van der Waals surface area contributed by atoms with Gasteiger partial charge in [-0.3, -0.25) is 9.69 Å². The average Bonchev–Trinajstić information content (AvgIpc) is 2.77. The van der Waals surface area contributed by atoms with E-state index >= 15 is 0 Å². The van der Waals surface area contributed by atoms with Crippen LogP contribution in [0.5, 0.6) is 0 Å². The van der Waals surface area contributed by atoms with Crippen LogP contribution in [-0.4, -0.2) is 40.6 Å². The molecule has 17 heavy (non-hydrogen) atoms. The number of nitrogens with zero attached hydrogens (tertiary/aromatic N) is 2. The fourth-order valence-corrected chi connectivity index (χ4v) is 3.30. The number of carboxylic acids is 1. The molecule has 1 aliphatic rings. The number of aliphatic carboxylic acids is 1. The standard InChI is InChI=1S/C12H18N2O2S/c1-2-10-8-17-12(13-10)9-4-3-5-14(6-9)7-11(15)16/h8-9H,2-7H2,1H3,(H,15,16). The van der Waals surface area contributed by atoms with Crippen LogP contribution in [0.15, 0.2) is 5.38 Å². The summed E-state index contributed by atoms with van der Waals surface area (Å²) >= 11 is 1.72. The van der Waals surface area contributed by atoms with Gasteiger partial charge in [0.15, 0.2) is 0 Å². The normalized spacial score (nSPS) is 21.6. The lowest BCUT2D eigenvalue weighted by atomic mass is 9.99. The van der Waals surface area contributed by atoms with E-state index in [2.05, 4.69) is 17.3 Å². The van der Waals surface area contributed by atoms with Gasteiger partial charge >= 0.3 is 5.97 Å². The monoisotopic (exact) mass is 254 g/mol. The molecule has 1 fully saturated rings. The van der Waals surface area contributed by atoms with E-state index in [-0.39, 0.29) is 6.54 Å². The summed E-state index contributed by atoms with van der Waals surface area (Å²) in [4.78, 5) is 17.3. The topological polar surface area (TPSA) is 53.4 Å². The molecule has 94 valence electrons. The summed E-state index contributed by atoms with van der Waals surface area (Å²) in [5.74, 6) is -0.313. The van der Waals surface area contributed by atoms with Gasteiger partial charge in [0.05, 0.1) is 17.2 Å². The Balaban J connectivity index is 1.99. The summed E-state index contributed by atoms with van der Waals surface area (Å²) < 4.78 is 0. The maximum absolute atomic E-state index is 10.7. The molecule has 1 aliphatic heterocycles. The Morgan fingerprint density at radius 1 is 1.71 bits per heavy atom. The zero-order chi connectivity index (χ0) is 12.3. The summed E-state index contributed by atoms with van der Waals surface area (Å²) in [5, 5.41) is 12.1. The molecule has 5 heteroatoms. The number of hydrogen-bond donors (Lipinski definition) is 1. The van der Waals surface area contributed by atoms with Crippen molar-refractivity contribution in [1.82, 2.24) is 9.88 Å². The van der Waals surface area contributed by atoms with Crippen LogP contribution >= 0.6 is 11.3 Å². The minimum atomic E-state index is -0.737. The van der Waals surface area contributed by atoms with Gasteiger partial charge in [-0.1, -0.05) is 6.92 Å². The molecule has 1 unspecified atom stereocenters. The lowest BCUT2D eigenvalue weighted by molar-refractivity contribution is -0.138. The molecule has 0 aliphatic carbocycles. The molecule has 0 amide bonds. The van der Waals surface area contributed by atoms with Crippen LogP contribution in [0.3, 0.4) is 0 Å². The maximum atomic E-state index is 10.7. The molecule has 1 atom stereocenters. The molecule has 0 radical (unpaired) electrons. The molecule has 4 nitrogen and oxygen atoms in total. The van der Waals surface area contributed by atoms with Crippen molar-refractivity contribution < 1.29 is 9.90 Å². The van der Waals surface area contributed by atoms with E-state index in [9.17, 15) is 4.79 Å². The second-order valence-corrected chi connectivity index (χ2v) is 5.39. The zero-order valence-corrected chi connectivity index (χ0v) is 10.9. The van der Waals surface area contributed by atoms with Crippen LogP contribution in [0.4, 0.5) is 0 Å². The Morgan fingerprint density at radius 3 is 3.18 bits per heavy atom. The van der Waals surface area contributed by atoms with E-state index in [1.807, 2.05) is 4.90 Å². The van der Waals surface area contributed by atoms with Gasteiger partial charge in [-0.05, 0) is 25.8 Å². The number of likely N-dealkylation sites (tertiary alicyclic amines) is 1. The largest absolute Gasteiger partial charge is 0.480 e. The molecule has 2 heterocycles. The number of aryl methyl sites for hydroxylation is 1. The number of carboxylic acid groups (broad SMARTS) is 1. The first-order valence-corrected chi connectivity index (χ1v) is 6.95. The average molecular weight is 254 g/mol. The molecule has 1 N–H and O–H groups in total. The fourth-order valence-electron chi connectivity index (χ4n) is 2.26. The zero-order valence-electron chi connectivity index (χ0n) is 10.1. The highest BCUT2D eigenvalue weighted by molar-refractivity contribution is 7.09. The minimum Gasteiger partial charge on any atom is -0.480 e. The molecular formula is C12H18N2O2S. The Labute approximate surface area is 105 Å². The van der Waals surface area contributed by atoms with E-state index in [4.69, 9.17) is 5.11 Å². The van der Waals surface area contributed by atoms with Crippen molar-refractivity contribution in [1.29, 1.82) is 0 Å². The van der Waals surface area contributed by atoms with E-state index < -0.39 is 5.97 Å². The van der Waals surface area contributed by atoms with Crippen molar-refractivity contribution in [2.24, 2.45) is 0 Å². The van der Waals surface area contributed by atoms with E-state index in [1.165, 1.54) is 5.01 Å². The van der Waals surface area contributed by atoms with Crippen LogP contribution in [0.1, 0.15) is 36.4 Å². The van der Waals surface area contributed by atoms with Crippen molar-refractivity contribution in [3.63, 3.8) is 0 Å². The molecule has 0 aromatic carbocycles. The Bertz CT molecular complexity index is 392. The molecule has 0 spiro atoms. The summed E-state index contributed by atoms with van der Waals surface area (Å²) in [6.45, 7) is 4.00. The molecular weight excluding hydrogens is 236 g/mol. The Morgan fingerprint density at radius 2 is 2.53 bits per heavy atom. The highest BCUT2D eigenvalue weighted by atomic mass is 32.1. The first kappa shape index (κ1) is 12.5. The van der Waals surface area contributed by atoms with Gasteiger partial charge in [-0.15, -0.1) is 11.3 Å². The van der Waals surface area contributed by atoms with Gasteiger partial charge < -0.3 is 5.11 Å². The second-order valence-electron chi connectivity index (χ2n) is 4.50. The van der Waals surface area contributed by atoms with Crippen LogP contribution in [0.25, 0.3) is 0 Å². The molecule has 0 saturated carbocycles. The Hall–Kier alpha value is -0.940. The number of rotatable bonds is 4. The summed E-state index contributed by atoms with van der Waals surface area (Å²) in [5.41, 5.74) is 1.15. The van der Waals surface area contributed by atoms with Gasteiger partial charge in [0, 0.05) is 17.8 Å². The maximum Gasteiger partial charge on any atom is 0.317 e. The highest BCUT2D eigenvalue weighted by Crippen LogP contribution is 2.29. The van der Waals surface area contributed by atoms with Gasteiger partial charge in [0.25, 0.3) is 0 Å². The number of hydrogen-bond acceptors (Lipinski definition) is 4. The predicted molar refractivity (Wildman–Crippen MR) is 67.5 cm³/mol. The van der Waals surface area contributed by atoms with Gasteiger partial charge in [-0.25, -0.2) is 4.98 Å². The third kappa shape index (κ3) is 3.26. The fraction of sp³-hybridized carbons (Fsp3) is 0.667. The number of carbonyl (C=O) groups is 1. The minimum absolute atomic E-state index is 0.155. The van der Waals surface area contributed by atoms with Crippen molar-refractivity contribution in [3.05, 3.63) is 16.1 Å². The predicted octanol–water partition coefficient (Wildman–Crippen LogP) is 1.97. The smallest absolute Gasteiger partial charge is 0.317 e. The number of thiazole rings is 1. The molecule has 1 aromatic rings. The van der Waals surface area contributed by atoms with Crippen LogP contribution < -0.4 is 0 Å². The third-order valence-electron chi connectivity index (χ3n) is 3.15.